The Morgan fingerprint density at radius 2 is 0.658 bits per heavy atom. The Bertz CT molecular complexity index is 1320. The summed E-state index contributed by atoms with van der Waals surface area (Å²) in [5, 5.41) is 23.0. The van der Waals surface area contributed by atoms with E-state index in [1.807, 2.05) is 6.08 Å². The molecule has 0 saturated heterocycles. The number of hydrogen-bond acceptors (Lipinski definition) is 5. The van der Waals surface area contributed by atoms with Crippen LogP contribution in [0.25, 0.3) is 0 Å². The monoisotopic (exact) mass is 1060 g/mol. The molecule has 0 heterocycles. The fourth-order valence-corrected chi connectivity index (χ4v) is 10.1. The Morgan fingerprint density at radius 1 is 0.368 bits per heavy atom. The van der Waals surface area contributed by atoms with Crippen molar-refractivity contribution >= 4 is 11.9 Å². The molecule has 0 rings (SSSR count). The van der Waals surface area contributed by atoms with E-state index in [9.17, 15) is 19.8 Å². The van der Waals surface area contributed by atoms with Crippen LogP contribution in [0.1, 0.15) is 348 Å². The number of carbonyl (C=O) groups excluding carboxylic acids is 2. The smallest absolute Gasteiger partial charge is 0.305 e. The predicted molar refractivity (Wildman–Crippen MR) is 333 cm³/mol. The average molecular weight is 1060 g/mol. The van der Waals surface area contributed by atoms with Crippen LogP contribution in [0.15, 0.2) is 60.8 Å². The number of rotatable bonds is 62. The van der Waals surface area contributed by atoms with E-state index in [1.54, 1.807) is 6.08 Å². The highest BCUT2D eigenvalue weighted by molar-refractivity contribution is 5.76. The highest BCUT2D eigenvalue weighted by atomic mass is 16.5. The number of carbonyl (C=O) groups is 2. The van der Waals surface area contributed by atoms with Gasteiger partial charge in [0, 0.05) is 12.8 Å². The van der Waals surface area contributed by atoms with Crippen molar-refractivity contribution in [2.45, 2.75) is 360 Å². The Labute approximate surface area is 473 Å². The van der Waals surface area contributed by atoms with Gasteiger partial charge in [-0.25, -0.2) is 0 Å². The van der Waals surface area contributed by atoms with Crippen LogP contribution in [0.4, 0.5) is 0 Å². The molecule has 1 amide bonds. The molecule has 6 heteroatoms. The van der Waals surface area contributed by atoms with Crippen LogP contribution in [-0.4, -0.2) is 47.4 Å². The van der Waals surface area contributed by atoms with Gasteiger partial charge in [-0.15, -0.1) is 0 Å². The molecule has 0 aliphatic heterocycles. The van der Waals surface area contributed by atoms with Gasteiger partial charge >= 0.3 is 5.97 Å². The van der Waals surface area contributed by atoms with Crippen molar-refractivity contribution in [3.8, 4) is 0 Å². The van der Waals surface area contributed by atoms with Crippen LogP contribution >= 0.6 is 0 Å². The minimum atomic E-state index is -0.842. The number of esters is 1. The summed E-state index contributed by atoms with van der Waals surface area (Å²) in [6, 6.07) is -0.626. The van der Waals surface area contributed by atoms with Crippen molar-refractivity contribution in [1.29, 1.82) is 0 Å². The molecule has 2 unspecified atom stereocenters. The van der Waals surface area contributed by atoms with E-state index in [0.717, 1.165) is 57.8 Å². The largest absolute Gasteiger partial charge is 0.466 e. The maximum Gasteiger partial charge on any atom is 0.305 e. The van der Waals surface area contributed by atoms with Crippen LogP contribution in [-0.2, 0) is 14.3 Å². The Hall–Kier alpha value is -2.44. The van der Waals surface area contributed by atoms with Crippen LogP contribution in [0.5, 0.6) is 0 Å². The molecule has 2 atom stereocenters. The van der Waals surface area contributed by atoms with Crippen molar-refractivity contribution in [1.82, 2.24) is 5.32 Å². The molecule has 0 bridgehead atoms. The van der Waals surface area contributed by atoms with E-state index in [4.69, 9.17) is 4.74 Å². The molecule has 3 N–H and O–H groups in total. The summed E-state index contributed by atoms with van der Waals surface area (Å²) in [4.78, 5) is 24.5. The number of aliphatic hydroxyl groups excluding tert-OH is 2. The van der Waals surface area contributed by atoms with Crippen LogP contribution in [0.2, 0.25) is 0 Å². The molecule has 0 spiro atoms. The third-order valence-electron chi connectivity index (χ3n) is 15.3. The number of aliphatic hydroxyl groups is 2. The Kier molecular flexibility index (Phi) is 63.0. The first-order chi connectivity index (χ1) is 37.5. The number of nitrogens with one attached hydrogen (secondary N) is 1. The Morgan fingerprint density at radius 3 is 1.03 bits per heavy atom. The summed E-state index contributed by atoms with van der Waals surface area (Å²) in [6.45, 7) is 4.86. The van der Waals surface area contributed by atoms with Gasteiger partial charge in [-0.3, -0.25) is 9.59 Å². The second-order valence-electron chi connectivity index (χ2n) is 22.8. The van der Waals surface area contributed by atoms with Crippen molar-refractivity contribution in [3.63, 3.8) is 0 Å². The summed E-state index contributed by atoms with van der Waals surface area (Å²) in [5.41, 5.74) is 0. The molecule has 0 aromatic heterocycles. The SMILES string of the molecule is CCCCC/C=C\C/C=C\CCCCCCCCCCCC(=O)OCCCCCCCCCCC/C=C\C/C=C\CCCCCCCCCCCCCCCCCC(=O)NC(CO)C(O)/C=C/CCCCCCCCC. The van der Waals surface area contributed by atoms with Crippen molar-refractivity contribution < 1.29 is 24.5 Å². The minimum Gasteiger partial charge on any atom is -0.466 e. The van der Waals surface area contributed by atoms with Gasteiger partial charge in [0.1, 0.15) is 0 Å². The molecule has 0 aromatic rings. The molecule has 0 aliphatic carbocycles. The molecule has 444 valence electrons. The van der Waals surface area contributed by atoms with Gasteiger partial charge < -0.3 is 20.3 Å². The lowest BCUT2D eigenvalue weighted by molar-refractivity contribution is -0.143. The van der Waals surface area contributed by atoms with Gasteiger partial charge in [0.05, 0.1) is 25.4 Å². The topological polar surface area (TPSA) is 95.9 Å². The van der Waals surface area contributed by atoms with E-state index >= 15 is 0 Å². The number of unbranched alkanes of at least 4 members (excludes halogenated alkanes) is 43. The van der Waals surface area contributed by atoms with E-state index in [1.165, 1.54) is 263 Å². The third kappa shape index (κ3) is 60.8. The van der Waals surface area contributed by atoms with Gasteiger partial charge in [0.25, 0.3) is 0 Å². The summed E-state index contributed by atoms with van der Waals surface area (Å²) in [7, 11) is 0. The van der Waals surface area contributed by atoms with Crippen LogP contribution in [0.3, 0.4) is 0 Å². The summed E-state index contributed by atoms with van der Waals surface area (Å²) >= 11 is 0. The first-order valence-electron chi connectivity index (χ1n) is 33.6. The van der Waals surface area contributed by atoms with Gasteiger partial charge in [-0.2, -0.15) is 0 Å². The maximum atomic E-state index is 12.4. The van der Waals surface area contributed by atoms with Gasteiger partial charge in [-0.05, 0) is 96.3 Å². The van der Waals surface area contributed by atoms with E-state index in [0.29, 0.717) is 19.4 Å². The van der Waals surface area contributed by atoms with Crippen molar-refractivity contribution in [2.24, 2.45) is 0 Å². The minimum absolute atomic E-state index is 0.00869. The lowest BCUT2D eigenvalue weighted by atomic mass is 10.0. The molecule has 6 nitrogen and oxygen atoms in total. The molecule has 0 fully saturated rings. The predicted octanol–water partition coefficient (Wildman–Crippen LogP) is 21.5. The second kappa shape index (κ2) is 65.1. The van der Waals surface area contributed by atoms with Crippen molar-refractivity contribution in [3.05, 3.63) is 60.8 Å². The van der Waals surface area contributed by atoms with E-state index in [2.05, 4.69) is 67.8 Å². The zero-order chi connectivity index (χ0) is 55.0. The first kappa shape index (κ1) is 73.6. The zero-order valence-electron chi connectivity index (χ0n) is 50.7. The number of allylic oxidation sites excluding steroid dienone is 9. The fraction of sp³-hybridized carbons (Fsp3) is 0.829. The molecular weight excluding hydrogens is 935 g/mol. The van der Waals surface area contributed by atoms with Crippen LogP contribution in [0, 0.1) is 0 Å². The number of ether oxygens (including phenoxy) is 1. The number of hydrogen-bond donors (Lipinski definition) is 3. The van der Waals surface area contributed by atoms with Gasteiger partial charge in [0.2, 0.25) is 5.91 Å². The molecule has 0 aromatic carbocycles. The third-order valence-corrected chi connectivity index (χ3v) is 15.3. The summed E-state index contributed by atoms with van der Waals surface area (Å²) in [5.74, 6) is -0.0613. The highest BCUT2D eigenvalue weighted by Crippen LogP contribution is 2.17. The average Bonchev–Trinajstić information content (AvgIpc) is 3.42. The highest BCUT2D eigenvalue weighted by Gasteiger charge is 2.18. The lowest BCUT2D eigenvalue weighted by Crippen LogP contribution is -2.45. The van der Waals surface area contributed by atoms with Crippen LogP contribution < -0.4 is 5.32 Å². The summed E-state index contributed by atoms with van der Waals surface area (Å²) in [6.07, 6.45) is 85.9. The molecule has 0 aliphatic rings. The van der Waals surface area contributed by atoms with Gasteiger partial charge in [-0.1, -0.05) is 299 Å². The normalized spacial score (nSPS) is 12.9. The molecular formula is C70H129NO5. The molecule has 0 radical (unpaired) electrons. The molecule has 0 saturated carbocycles. The maximum absolute atomic E-state index is 12.4. The standard InChI is InChI=1S/C70H129NO5/c1-3-5-7-9-11-13-14-15-16-17-31-35-38-41-44-48-52-56-60-64-70(75)76-65-61-57-53-49-45-42-39-36-33-30-28-26-24-22-20-18-19-21-23-25-27-29-32-34-37-40-43-47-51-55-59-63-69(74)71-67(66-72)68(73)62-58-54-50-46-12-10-8-6-4-2/h11,13,15-16,20,22,26,28,58,62,67-68,72-73H,3-10,12,14,17-19,21,23-25,27,29-57,59-61,63-66H2,1-2H3,(H,71,74)/b13-11-,16-15-,22-20-,28-26-,62-58+. The fourth-order valence-electron chi connectivity index (χ4n) is 10.1. The second-order valence-corrected chi connectivity index (χ2v) is 22.8. The number of amides is 1. The van der Waals surface area contributed by atoms with Crippen molar-refractivity contribution in [2.75, 3.05) is 13.2 Å². The van der Waals surface area contributed by atoms with Gasteiger partial charge in [0.15, 0.2) is 0 Å². The summed E-state index contributed by atoms with van der Waals surface area (Å²) < 4.78 is 5.50. The van der Waals surface area contributed by atoms with E-state index < -0.39 is 12.1 Å². The quantitative estimate of drug-likeness (QED) is 0.0320. The first-order valence-corrected chi connectivity index (χ1v) is 33.6. The lowest BCUT2D eigenvalue weighted by Gasteiger charge is -2.20. The molecule has 76 heavy (non-hydrogen) atoms. The zero-order valence-corrected chi connectivity index (χ0v) is 50.7. The Balaban J connectivity index is 3.37. The van der Waals surface area contributed by atoms with E-state index in [-0.39, 0.29) is 18.5 Å².